The van der Waals surface area contributed by atoms with Gasteiger partial charge in [-0.15, -0.1) is 0 Å². The number of halogens is 2. The Balaban J connectivity index is 2.02. The number of hydrogen-bond donors (Lipinski definition) is 2. The lowest BCUT2D eigenvalue weighted by atomic mass is 10.1. The van der Waals surface area contributed by atoms with Gasteiger partial charge in [-0.05, 0) is 52.2 Å². The van der Waals surface area contributed by atoms with Crippen molar-refractivity contribution in [3.8, 4) is 5.75 Å². The summed E-state index contributed by atoms with van der Waals surface area (Å²) in [6.07, 6.45) is 0. The van der Waals surface area contributed by atoms with E-state index in [1.165, 1.54) is 0 Å². The van der Waals surface area contributed by atoms with Gasteiger partial charge in [0.15, 0.2) is 0 Å². The third-order valence-electron chi connectivity index (χ3n) is 3.00. The van der Waals surface area contributed by atoms with Crippen LogP contribution in [0.3, 0.4) is 0 Å². The topological polar surface area (TPSA) is 32.3 Å². The number of nitrogens with one attached hydrogen (secondary N) is 1. The largest absolute Gasteiger partial charge is 0.507 e. The first-order valence-electron chi connectivity index (χ1n) is 6.03. The molecule has 0 aliphatic carbocycles. The Morgan fingerprint density at radius 3 is 2.68 bits per heavy atom. The van der Waals surface area contributed by atoms with Gasteiger partial charge in [0.25, 0.3) is 0 Å². The highest BCUT2D eigenvalue weighted by Crippen LogP contribution is 2.25. The van der Waals surface area contributed by atoms with Gasteiger partial charge in [-0.2, -0.15) is 0 Å². The fraction of sp³-hybridized carbons (Fsp3) is 0.200. The molecule has 4 heteroatoms. The average Bonchev–Trinajstić information content (AvgIpc) is 2.40. The average molecular weight is 341 g/mol. The van der Waals surface area contributed by atoms with Crippen molar-refractivity contribution in [3.05, 3.63) is 63.1 Å². The van der Waals surface area contributed by atoms with E-state index >= 15 is 0 Å². The molecule has 0 bridgehead atoms. The molecule has 0 fully saturated rings. The second-order valence-electron chi connectivity index (χ2n) is 4.41. The van der Waals surface area contributed by atoms with Gasteiger partial charge in [-0.25, -0.2) is 0 Å². The van der Waals surface area contributed by atoms with Crippen LogP contribution in [0.15, 0.2) is 46.9 Å². The normalized spacial score (nSPS) is 12.4. The molecule has 0 heterocycles. The second kappa shape index (κ2) is 6.42. The van der Waals surface area contributed by atoms with Gasteiger partial charge in [0.1, 0.15) is 5.75 Å². The summed E-state index contributed by atoms with van der Waals surface area (Å²) in [5, 5.41) is 13.6. The van der Waals surface area contributed by atoms with Crippen molar-refractivity contribution in [2.75, 3.05) is 0 Å². The molecule has 2 nitrogen and oxygen atoms in total. The van der Waals surface area contributed by atoms with Crippen molar-refractivity contribution in [1.82, 2.24) is 5.32 Å². The molecule has 0 radical (unpaired) electrons. The minimum Gasteiger partial charge on any atom is -0.507 e. The summed E-state index contributed by atoms with van der Waals surface area (Å²) in [5.74, 6) is 0.253. The molecule has 2 rings (SSSR count). The first-order chi connectivity index (χ1) is 9.08. The smallest absolute Gasteiger partial charge is 0.129 e. The highest BCUT2D eigenvalue weighted by Gasteiger charge is 2.08. The van der Waals surface area contributed by atoms with Crippen molar-refractivity contribution in [3.63, 3.8) is 0 Å². The molecule has 0 spiro atoms. The molecule has 0 aliphatic rings. The zero-order valence-corrected chi connectivity index (χ0v) is 12.9. The van der Waals surface area contributed by atoms with Crippen LogP contribution in [0.2, 0.25) is 5.02 Å². The minimum absolute atomic E-state index is 0.168. The monoisotopic (exact) mass is 339 g/mol. The van der Waals surface area contributed by atoms with Crippen LogP contribution in [0, 0.1) is 0 Å². The third-order valence-corrected chi connectivity index (χ3v) is 3.98. The van der Waals surface area contributed by atoms with E-state index in [1.54, 1.807) is 6.07 Å². The van der Waals surface area contributed by atoms with Crippen molar-refractivity contribution < 1.29 is 5.11 Å². The summed E-state index contributed by atoms with van der Waals surface area (Å²) in [5.41, 5.74) is 2.19. The van der Waals surface area contributed by atoms with Crippen LogP contribution in [0.5, 0.6) is 5.75 Å². The van der Waals surface area contributed by atoms with Crippen LogP contribution in [-0.2, 0) is 6.54 Å². The lowest BCUT2D eigenvalue weighted by Gasteiger charge is -2.16. The Morgan fingerprint density at radius 2 is 2.00 bits per heavy atom. The Morgan fingerprint density at radius 1 is 1.26 bits per heavy atom. The molecule has 0 aromatic heterocycles. The van der Waals surface area contributed by atoms with Crippen LogP contribution in [-0.4, -0.2) is 5.11 Å². The number of rotatable bonds is 4. The highest BCUT2D eigenvalue weighted by atomic mass is 79.9. The van der Waals surface area contributed by atoms with E-state index in [-0.39, 0.29) is 11.8 Å². The number of benzene rings is 2. The molecule has 2 aromatic carbocycles. The quantitative estimate of drug-likeness (QED) is 0.848. The maximum absolute atomic E-state index is 9.45. The molecule has 0 saturated heterocycles. The van der Waals surface area contributed by atoms with Crippen LogP contribution in [0.4, 0.5) is 0 Å². The van der Waals surface area contributed by atoms with Gasteiger partial charge >= 0.3 is 0 Å². The van der Waals surface area contributed by atoms with Crippen LogP contribution in [0.1, 0.15) is 24.1 Å². The number of hydrogen-bond acceptors (Lipinski definition) is 2. The van der Waals surface area contributed by atoms with E-state index in [1.807, 2.05) is 36.4 Å². The fourth-order valence-electron chi connectivity index (χ4n) is 1.87. The van der Waals surface area contributed by atoms with Crippen molar-refractivity contribution in [1.29, 1.82) is 0 Å². The zero-order chi connectivity index (χ0) is 13.8. The standard InChI is InChI=1S/C15H15BrClNO/c1-10(12-4-2-3-5-14(12)17)18-9-11-6-7-15(19)13(16)8-11/h2-8,10,18-19H,9H2,1H3. The van der Waals surface area contributed by atoms with E-state index in [0.717, 1.165) is 16.1 Å². The Kier molecular flexibility index (Phi) is 4.86. The summed E-state index contributed by atoms with van der Waals surface area (Å²) in [7, 11) is 0. The van der Waals surface area contributed by atoms with E-state index in [9.17, 15) is 5.11 Å². The molecule has 2 N–H and O–H groups in total. The van der Waals surface area contributed by atoms with Crippen molar-refractivity contribution >= 4 is 27.5 Å². The number of phenolic OH excluding ortho intramolecular Hbond substituents is 1. The van der Waals surface area contributed by atoms with E-state index in [4.69, 9.17) is 11.6 Å². The first kappa shape index (κ1) is 14.4. The van der Waals surface area contributed by atoms with Crippen molar-refractivity contribution in [2.24, 2.45) is 0 Å². The number of aromatic hydroxyl groups is 1. The summed E-state index contributed by atoms with van der Waals surface area (Å²) >= 11 is 9.48. The van der Waals surface area contributed by atoms with Crippen LogP contribution in [0.25, 0.3) is 0 Å². The summed E-state index contributed by atoms with van der Waals surface area (Å²) < 4.78 is 0.706. The molecule has 1 unspecified atom stereocenters. The third kappa shape index (κ3) is 3.72. The molecule has 100 valence electrons. The predicted octanol–water partition coefficient (Wildman–Crippen LogP) is 4.66. The summed E-state index contributed by atoms with van der Waals surface area (Å²) in [6.45, 7) is 2.79. The minimum atomic E-state index is 0.168. The molecular weight excluding hydrogens is 326 g/mol. The maximum Gasteiger partial charge on any atom is 0.129 e. The Bertz CT molecular complexity index is 574. The van der Waals surface area contributed by atoms with Gasteiger partial charge in [-0.1, -0.05) is 35.9 Å². The molecule has 2 aromatic rings. The SMILES string of the molecule is CC(NCc1ccc(O)c(Br)c1)c1ccccc1Cl. The molecule has 0 aliphatic heterocycles. The van der Waals surface area contributed by atoms with Gasteiger partial charge < -0.3 is 10.4 Å². The summed E-state index contributed by atoms with van der Waals surface area (Å²) in [6, 6.07) is 13.5. The lowest BCUT2D eigenvalue weighted by Crippen LogP contribution is -2.18. The molecule has 0 saturated carbocycles. The van der Waals surface area contributed by atoms with Crippen LogP contribution >= 0.6 is 27.5 Å². The van der Waals surface area contributed by atoms with E-state index < -0.39 is 0 Å². The van der Waals surface area contributed by atoms with E-state index in [2.05, 4.69) is 28.2 Å². The lowest BCUT2D eigenvalue weighted by molar-refractivity contribution is 0.471. The molecule has 1 atom stereocenters. The maximum atomic E-state index is 9.45. The van der Waals surface area contributed by atoms with Gasteiger partial charge in [0, 0.05) is 17.6 Å². The van der Waals surface area contributed by atoms with Gasteiger partial charge in [0.2, 0.25) is 0 Å². The first-order valence-corrected chi connectivity index (χ1v) is 7.20. The second-order valence-corrected chi connectivity index (χ2v) is 5.67. The van der Waals surface area contributed by atoms with Crippen molar-refractivity contribution in [2.45, 2.75) is 19.5 Å². The molecule has 0 amide bonds. The van der Waals surface area contributed by atoms with E-state index in [0.29, 0.717) is 11.0 Å². The Hall–Kier alpha value is -1.03. The fourth-order valence-corrected chi connectivity index (χ4v) is 2.59. The van der Waals surface area contributed by atoms with Gasteiger partial charge in [-0.3, -0.25) is 0 Å². The van der Waals surface area contributed by atoms with Gasteiger partial charge in [0.05, 0.1) is 4.47 Å². The highest BCUT2D eigenvalue weighted by molar-refractivity contribution is 9.10. The summed E-state index contributed by atoms with van der Waals surface area (Å²) in [4.78, 5) is 0. The Labute approximate surface area is 126 Å². The molecular formula is C15H15BrClNO. The predicted molar refractivity (Wildman–Crippen MR) is 82.5 cm³/mol. The van der Waals surface area contributed by atoms with Crippen LogP contribution < -0.4 is 5.32 Å². The zero-order valence-electron chi connectivity index (χ0n) is 10.5. The number of phenols is 1. The molecule has 19 heavy (non-hydrogen) atoms.